The molecule has 4 rings (SSSR count). The van der Waals surface area contributed by atoms with Crippen molar-refractivity contribution in [3.05, 3.63) is 35.0 Å². The number of amides is 3. The Hall–Kier alpha value is -3.38. The van der Waals surface area contributed by atoms with Gasteiger partial charge in [-0.25, -0.2) is 9.37 Å². The van der Waals surface area contributed by atoms with Gasteiger partial charge in [0.15, 0.2) is 5.67 Å². The largest absolute Gasteiger partial charge is 0.493 e. The minimum atomic E-state index is -1.95. The van der Waals surface area contributed by atoms with Crippen LogP contribution >= 0.6 is 11.3 Å². The maximum atomic E-state index is 14.4. The fourth-order valence-electron chi connectivity index (χ4n) is 5.08. The number of ether oxygens (including phenoxy) is 1. The summed E-state index contributed by atoms with van der Waals surface area (Å²) in [5, 5.41) is 15.9. The number of β-amino-alcohol motifs (C(OH)–C–C–N with tert-alkyl or cyclic N) is 1. The molecule has 0 spiro atoms. The number of carbonyl (C=O) groups is 4. The van der Waals surface area contributed by atoms with Crippen LogP contribution in [0.4, 0.5) is 4.39 Å². The summed E-state index contributed by atoms with van der Waals surface area (Å²) in [6.07, 6.45) is 2.10. The highest BCUT2D eigenvalue weighted by Gasteiger charge is 2.53. The summed E-state index contributed by atoms with van der Waals surface area (Å²) in [7, 11) is 0. The first kappa shape index (κ1) is 32.5. The van der Waals surface area contributed by atoms with Gasteiger partial charge in [0.25, 0.3) is 5.91 Å². The van der Waals surface area contributed by atoms with Gasteiger partial charge in [0, 0.05) is 31.5 Å². The number of nitrogens with one attached hydrogen (secondary N) is 2. The third-order valence-corrected chi connectivity index (χ3v) is 8.83. The lowest BCUT2D eigenvalue weighted by Gasteiger charge is -2.35. The van der Waals surface area contributed by atoms with Crippen LogP contribution in [0.2, 0.25) is 0 Å². The van der Waals surface area contributed by atoms with Crippen molar-refractivity contribution in [3.8, 4) is 16.2 Å². The van der Waals surface area contributed by atoms with Gasteiger partial charge in [-0.15, -0.1) is 11.3 Å². The maximum Gasteiger partial charge on any atom is 0.258 e. The second kappa shape index (κ2) is 13.5. The SMILES string of the molecule is Cc1ncsc1-c1ccc(CNC(=O)[C@@H]2C[C@@H](O)CN2C(=O)[C@@H](NC(=O)C2(F)CC2)C(C)(C)C)c(OCCCCC=O)c1. The average Bonchev–Trinajstić information content (AvgIpc) is 3.37. The molecule has 10 nitrogen and oxygen atoms in total. The van der Waals surface area contributed by atoms with Crippen molar-refractivity contribution in [2.24, 2.45) is 5.41 Å². The number of thiazole rings is 1. The van der Waals surface area contributed by atoms with Gasteiger partial charge in [-0.1, -0.05) is 32.9 Å². The van der Waals surface area contributed by atoms with Crippen LogP contribution in [0, 0.1) is 12.3 Å². The van der Waals surface area contributed by atoms with Crippen LogP contribution in [0.3, 0.4) is 0 Å². The lowest BCUT2D eigenvalue weighted by Crippen LogP contribution is -2.59. The minimum absolute atomic E-state index is 0.0408. The second-order valence-electron chi connectivity index (χ2n) is 12.5. The molecular formula is C31H41FN4O6S. The van der Waals surface area contributed by atoms with E-state index in [1.165, 1.54) is 16.2 Å². The maximum absolute atomic E-state index is 14.4. The van der Waals surface area contributed by atoms with E-state index in [2.05, 4.69) is 15.6 Å². The van der Waals surface area contributed by atoms with E-state index in [0.29, 0.717) is 31.6 Å². The fourth-order valence-corrected chi connectivity index (χ4v) is 5.89. The molecule has 12 heteroatoms. The Morgan fingerprint density at radius 2 is 2.02 bits per heavy atom. The van der Waals surface area contributed by atoms with Crippen LogP contribution in [-0.2, 0) is 25.7 Å². The predicted molar refractivity (Wildman–Crippen MR) is 160 cm³/mol. The van der Waals surface area contributed by atoms with Gasteiger partial charge < -0.3 is 30.2 Å². The average molecular weight is 617 g/mol. The smallest absolute Gasteiger partial charge is 0.258 e. The molecule has 1 saturated carbocycles. The minimum Gasteiger partial charge on any atom is -0.493 e. The molecule has 1 aliphatic carbocycles. The number of alkyl halides is 1. The Balaban J connectivity index is 1.48. The van der Waals surface area contributed by atoms with Crippen LogP contribution in [0.25, 0.3) is 10.4 Å². The number of carbonyl (C=O) groups excluding carboxylic acids is 4. The number of likely N-dealkylation sites (tertiary alicyclic amines) is 1. The van der Waals surface area contributed by atoms with E-state index in [1.54, 1.807) is 26.3 Å². The van der Waals surface area contributed by atoms with Crippen molar-refractivity contribution >= 4 is 35.3 Å². The lowest BCUT2D eigenvalue weighted by molar-refractivity contribution is -0.145. The summed E-state index contributed by atoms with van der Waals surface area (Å²) in [4.78, 5) is 56.9. The van der Waals surface area contributed by atoms with E-state index in [-0.39, 0.29) is 32.4 Å². The third-order valence-electron chi connectivity index (χ3n) is 7.85. The number of rotatable bonds is 13. The quantitative estimate of drug-likeness (QED) is 0.231. The number of unbranched alkanes of at least 4 members (excludes halogenated alkanes) is 2. The molecule has 0 bridgehead atoms. The zero-order valence-electron chi connectivity index (χ0n) is 25.2. The second-order valence-corrected chi connectivity index (χ2v) is 13.3. The van der Waals surface area contributed by atoms with E-state index < -0.39 is 47.0 Å². The normalized spacial score (nSPS) is 19.9. The molecule has 0 radical (unpaired) electrons. The Labute approximate surface area is 255 Å². The predicted octanol–water partition coefficient (Wildman–Crippen LogP) is 3.48. The molecule has 1 aromatic carbocycles. The van der Waals surface area contributed by atoms with Gasteiger partial charge >= 0.3 is 0 Å². The first-order valence-corrected chi connectivity index (χ1v) is 15.6. The number of benzene rings is 1. The van der Waals surface area contributed by atoms with E-state index in [1.807, 2.05) is 25.1 Å². The molecule has 43 heavy (non-hydrogen) atoms. The molecule has 2 fully saturated rings. The molecule has 2 aliphatic rings. The summed E-state index contributed by atoms with van der Waals surface area (Å²) < 4.78 is 20.5. The number of aryl methyl sites for hydroxylation is 1. The number of aliphatic hydroxyl groups excluding tert-OH is 1. The Morgan fingerprint density at radius 1 is 1.28 bits per heavy atom. The third kappa shape index (κ3) is 7.97. The summed E-state index contributed by atoms with van der Waals surface area (Å²) >= 11 is 1.52. The molecule has 1 saturated heterocycles. The molecule has 2 heterocycles. The summed E-state index contributed by atoms with van der Waals surface area (Å²) in [5.41, 5.74) is 1.62. The first-order valence-electron chi connectivity index (χ1n) is 14.7. The van der Waals surface area contributed by atoms with Gasteiger partial charge in [-0.3, -0.25) is 14.4 Å². The van der Waals surface area contributed by atoms with Gasteiger partial charge in [0.2, 0.25) is 11.8 Å². The van der Waals surface area contributed by atoms with Gasteiger partial charge in [-0.2, -0.15) is 0 Å². The Morgan fingerprint density at radius 3 is 2.65 bits per heavy atom. The van der Waals surface area contributed by atoms with Crippen LogP contribution in [-0.4, -0.2) is 76.0 Å². The fraction of sp³-hybridized carbons (Fsp3) is 0.581. The molecule has 3 N–H and O–H groups in total. The number of hydrogen-bond acceptors (Lipinski definition) is 8. The van der Waals surface area contributed by atoms with Crippen LogP contribution in [0.5, 0.6) is 5.75 Å². The van der Waals surface area contributed by atoms with E-state index >= 15 is 0 Å². The zero-order valence-corrected chi connectivity index (χ0v) is 26.0. The first-order chi connectivity index (χ1) is 20.3. The van der Waals surface area contributed by atoms with Crippen molar-refractivity contribution < 1.29 is 33.4 Å². The molecule has 1 aromatic heterocycles. The molecule has 0 unspecified atom stereocenters. The van der Waals surface area contributed by atoms with Crippen molar-refractivity contribution in [2.75, 3.05) is 13.2 Å². The van der Waals surface area contributed by atoms with Gasteiger partial charge in [0.05, 0.1) is 28.8 Å². The molecule has 234 valence electrons. The summed E-state index contributed by atoms with van der Waals surface area (Å²) in [6.45, 7) is 7.64. The van der Waals surface area contributed by atoms with E-state index in [0.717, 1.165) is 28.0 Å². The van der Waals surface area contributed by atoms with Gasteiger partial charge in [-0.05, 0) is 49.7 Å². The molecule has 3 atom stereocenters. The zero-order chi connectivity index (χ0) is 31.4. The van der Waals surface area contributed by atoms with Crippen molar-refractivity contribution in [1.29, 1.82) is 0 Å². The number of aliphatic hydroxyl groups is 1. The number of halogens is 1. The number of hydrogen-bond donors (Lipinski definition) is 3. The number of nitrogens with zero attached hydrogens (tertiary/aromatic N) is 2. The molecule has 3 amide bonds. The van der Waals surface area contributed by atoms with Crippen molar-refractivity contribution in [3.63, 3.8) is 0 Å². The van der Waals surface area contributed by atoms with Crippen LogP contribution < -0.4 is 15.4 Å². The number of aromatic nitrogens is 1. The monoisotopic (exact) mass is 616 g/mol. The van der Waals surface area contributed by atoms with E-state index in [9.17, 15) is 28.7 Å². The molecule has 1 aliphatic heterocycles. The van der Waals surface area contributed by atoms with Crippen LogP contribution in [0.15, 0.2) is 23.7 Å². The lowest BCUT2D eigenvalue weighted by atomic mass is 9.85. The van der Waals surface area contributed by atoms with E-state index in [4.69, 9.17) is 4.74 Å². The highest BCUT2D eigenvalue weighted by Crippen LogP contribution is 2.40. The number of aldehydes is 1. The topological polar surface area (TPSA) is 138 Å². The summed E-state index contributed by atoms with van der Waals surface area (Å²) in [6, 6.07) is 3.68. The Kier molecular flexibility index (Phi) is 10.2. The highest BCUT2D eigenvalue weighted by molar-refractivity contribution is 7.13. The molecule has 2 aromatic rings. The van der Waals surface area contributed by atoms with Crippen molar-refractivity contribution in [2.45, 2.75) is 96.6 Å². The van der Waals surface area contributed by atoms with Gasteiger partial charge in [0.1, 0.15) is 24.1 Å². The van der Waals surface area contributed by atoms with Crippen LogP contribution in [0.1, 0.15) is 70.6 Å². The molecular weight excluding hydrogens is 575 g/mol. The van der Waals surface area contributed by atoms with Crippen molar-refractivity contribution in [1.82, 2.24) is 20.5 Å². The highest BCUT2D eigenvalue weighted by atomic mass is 32.1. The summed E-state index contributed by atoms with van der Waals surface area (Å²) in [5.74, 6) is -1.22. The standard InChI is InChI=1S/C31H41FN4O6S/c1-19-25(43-18-34-19)20-8-9-21(24(14-20)42-13-7-5-6-12-37)16-33-27(39)23-15-22(38)17-36(23)28(40)26(30(2,3)4)35-29(41)31(32)10-11-31/h8-9,12,14,18,22-23,26,38H,5-7,10-11,13,15-17H2,1-4H3,(H,33,39)(H,35,41)/t22-,23+,26-/m1/s1. The Bertz CT molecular complexity index is 1340.